The van der Waals surface area contributed by atoms with E-state index in [4.69, 9.17) is 0 Å². The van der Waals surface area contributed by atoms with Crippen LogP contribution in [0.3, 0.4) is 0 Å². The van der Waals surface area contributed by atoms with Crippen molar-refractivity contribution in [1.29, 1.82) is 0 Å². The highest BCUT2D eigenvalue weighted by Gasteiger charge is 2.41. The van der Waals surface area contributed by atoms with Crippen molar-refractivity contribution < 1.29 is 8.78 Å². The van der Waals surface area contributed by atoms with Crippen molar-refractivity contribution >= 4 is 17.4 Å². The van der Waals surface area contributed by atoms with Gasteiger partial charge in [-0.2, -0.15) is 0 Å². The molecular weight excluding hydrogens is 252 g/mol. The summed E-state index contributed by atoms with van der Waals surface area (Å²) in [6, 6.07) is -0.902. The summed E-state index contributed by atoms with van der Waals surface area (Å²) in [5.41, 5.74) is 0. The van der Waals surface area contributed by atoms with Gasteiger partial charge in [-0.1, -0.05) is 19.8 Å². The molecule has 2 aliphatic rings. The Kier molecular flexibility index (Phi) is 4.85. The Morgan fingerprint density at radius 2 is 1.56 bits per heavy atom. The summed E-state index contributed by atoms with van der Waals surface area (Å²) >= 11 is 4.46. The van der Waals surface area contributed by atoms with Crippen LogP contribution in [0.4, 0.5) is 8.78 Å². The fourth-order valence-corrected chi connectivity index (χ4v) is 3.67. The summed E-state index contributed by atoms with van der Waals surface area (Å²) in [6.07, 6.45) is 3.20. The molecule has 18 heavy (non-hydrogen) atoms. The van der Waals surface area contributed by atoms with Crippen molar-refractivity contribution in [3.05, 3.63) is 0 Å². The predicted molar refractivity (Wildman–Crippen MR) is 72.5 cm³/mol. The maximum Gasteiger partial charge on any atom is 0.126 e. The molecule has 0 bridgehead atoms. The molecule has 2 saturated carbocycles. The van der Waals surface area contributed by atoms with E-state index in [0.29, 0.717) is 18.8 Å². The fraction of sp³-hybridized carbons (Fsp3) is 0.929. The Hall–Kier alpha value is -0.340. The molecule has 0 radical (unpaired) electrons. The first-order valence-electron chi connectivity index (χ1n) is 6.97. The number of aliphatic imine (C=N–C) groups is 1. The summed E-state index contributed by atoms with van der Waals surface area (Å²) < 4.78 is 27.9. The van der Waals surface area contributed by atoms with E-state index in [0.717, 1.165) is 18.8 Å². The van der Waals surface area contributed by atoms with E-state index in [1.165, 1.54) is 12.8 Å². The minimum absolute atomic E-state index is 0.194. The highest BCUT2D eigenvalue weighted by atomic mass is 32.1. The van der Waals surface area contributed by atoms with Crippen molar-refractivity contribution in [2.75, 3.05) is 0 Å². The summed E-state index contributed by atoms with van der Waals surface area (Å²) in [5, 5.41) is 2.13. The third kappa shape index (κ3) is 3.16. The summed E-state index contributed by atoms with van der Waals surface area (Å²) in [6.45, 7) is 2.26. The Bertz CT molecular complexity index is 310. The fourth-order valence-electron chi connectivity index (χ4n) is 3.54. The molecule has 0 aromatic carbocycles. The van der Waals surface area contributed by atoms with Crippen LogP contribution in [0.5, 0.6) is 0 Å². The van der Waals surface area contributed by atoms with Gasteiger partial charge in [0, 0.05) is 0 Å². The molecule has 1 nitrogen and oxygen atoms in total. The zero-order valence-corrected chi connectivity index (χ0v) is 11.6. The number of halogens is 2. The van der Waals surface area contributed by atoms with E-state index in [1.807, 2.05) is 0 Å². The van der Waals surface area contributed by atoms with Gasteiger partial charge in [0.2, 0.25) is 0 Å². The second-order valence-electron chi connectivity index (χ2n) is 5.99. The first-order valence-corrected chi connectivity index (χ1v) is 7.37. The van der Waals surface area contributed by atoms with Gasteiger partial charge in [0.25, 0.3) is 0 Å². The smallest absolute Gasteiger partial charge is 0.126 e. The largest absolute Gasteiger partial charge is 0.245 e. The van der Waals surface area contributed by atoms with Gasteiger partial charge in [-0.15, -0.1) is 0 Å². The molecule has 2 fully saturated rings. The number of hydrogen-bond acceptors (Lipinski definition) is 2. The third-order valence-corrected chi connectivity index (χ3v) is 4.83. The van der Waals surface area contributed by atoms with Crippen molar-refractivity contribution in [3.63, 3.8) is 0 Å². The monoisotopic (exact) mass is 273 g/mol. The van der Waals surface area contributed by atoms with E-state index in [9.17, 15) is 8.78 Å². The molecule has 0 amide bonds. The van der Waals surface area contributed by atoms with Gasteiger partial charge in [-0.3, -0.25) is 0 Å². The number of nitrogens with zero attached hydrogens (tertiary/aromatic N) is 1. The molecule has 0 saturated heterocycles. The Morgan fingerprint density at radius 3 is 2.06 bits per heavy atom. The number of alkyl halides is 2. The minimum Gasteiger partial charge on any atom is -0.245 e. The highest BCUT2D eigenvalue weighted by molar-refractivity contribution is 7.78. The molecule has 0 aromatic heterocycles. The number of rotatable bonds is 2. The predicted octanol–water partition coefficient (Wildman–Crippen LogP) is 4.37. The van der Waals surface area contributed by atoms with Gasteiger partial charge < -0.3 is 0 Å². The molecule has 2 aliphatic carbocycles. The van der Waals surface area contributed by atoms with Crippen LogP contribution in [0.1, 0.15) is 45.4 Å². The SMILES string of the molecule is CC1CCC(C2CC(F)C(N=C=S)C(F)C2)CC1. The molecule has 0 aliphatic heterocycles. The van der Waals surface area contributed by atoms with Gasteiger partial charge in [0.15, 0.2) is 0 Å². The van der Waals surface area contributed by atoms with E-state index in [-0.39, 0.29) is 5.92 Å². The quantitative estimate of drug-likeness (QED) is 0.537. The van der Waals surface area contributed by atoms with Crippen LogP contribution >= 0.6 is 12.2 Å². The van der Waals surface area contributed by atoms with Crippen LogP contribution in [0.25, 0.3) is 0 Å². The van der Waals surface area contributed by atoms with Gasteiger partial charge in [0.05, 0.1) is 5.16 Å². The van der Waals surface area contributed by atoms with Crippen molar-refractivity contribution in [2.24, 2.45) is 22.7 Å². The average Bonchev–Trinajstić information content (AvgIpc) is 2.34. The first kappa shape index (κ1) is 14.1. The zero-order chi connectivity index (χ0) is 13.1. The van der Waals surface area contributed by atoms with E-state index >= 15 is 0 Å². The Balaban J connectivity index is 1.95. The average molecular weight is 273 g/mol. The molecule has 2 atom stereocenters. The van der Waals surface area contributed by atoms with Crippen LogP contribution < -0.4 is 0 Å². The third-order valence-electron chi connectivity index (χ3n) is 4.73. The lowest BCUT2D eigenvalue weighted by Gasteiger charge is -2.39. The zero-order valence-electron chi connectivity index (χ0n) is 10.8. The molecule has 0 heterocycles. The van der Waals surface area contributed by atoms with Gasteiger partial charge >= 0.3 is 0 Å². The van der Waals surface area contributed by atoms with Gasteiger partial charge in [-0.05, 0) is 55.7 Å². The molecule has 4 heteroatoms. The lowest BCUT2D eigenvalue weighted by Crippen LogP contribution is -2.41. The van der Waals surface area contributed by atoms with E-state index < -0.39 is 18.4 Å². The maximum atomic E-state index is 13.9. The molecule has 0 N–H and O–H groups in total. The van der Waals surface area contributed by atoms with Crippen LogP contribution in [-0.4, -0.2) is 23.5 Å². The molecule has 2 unspecified atom stereocenters. The van der Waals surface area contributed by atoms with Crippen LogP contribution in [0.2, 0.25) is 0 Å². The number of hydrogen-bond donors (Lipinski definition) is 0. The van der Waals surface area contributed by atoms with Crippen LogP contribution in [0, 0.1) is 17.8 Å². The van der Waals surface area contributed by atoms with Gasteiger partial charge in [-0.25, -0.2) is 13.8 Å². The summed E-state index contributed by atoms with van der Waals surface area (Å²) in [7, 11) is 0. The molecular formula is C14H21F2NS. The maximum absolute atomic E-state index is 13.9. The van der Waals surface area contributed by atoms with Crippen molar-refractivity contribution in [2.45, 2.75) is 63.8 Å². The molecule has 0 spiro atoms. The van der Waals surface area contributed by atoms with E-state index in [2.05, 4.69) is 29.3 Å². The standard InChI is InChI=1S/C14H21F2NS/c1-9-2-4-10(5-3-9)11-6-12(15)14(17-8-18)13(16)7-11/h9-14H,2-7H2,1H3. The van der Waals surface area contributed by atoms with Crippen molar-refractivity contribution in [3.8, 4) is 0 Å². The minimum atomic E-state index is -1.19. The molecule has 102 valence electrons. The Morgan fingerprint density at radius 1 is 1.00 bits per heavy atom. The second-order valence-corrected chi connectivity index (χ2v) is 6.18. The topological polar surface area (TPSA) is 12.4 Å². The van der Waals surface area contributed by atoms with Gasteiger partial charge in [0.1, 0.15) is 18.4 Å². The lowest BCUT2D eigenvalue weighted by atomic mass is 9.69. The van der Waals surface area contributed by atoms with Crippen LogP contribution in [0.15, 0.2) is 4.99 Å². The van der Waals surface area contributed by atoms with E-state index in [1.54, 1.807) is 0 Å². The molecule has 2 rings (SSSR count). The summed E-state index contributed by atoms with van der Waals surface area (Å²) in [5.74, 6) is 1.48. The Labute approximate surface area is 113 Å². The number of isothiocyanates is 1. The highest BCUT2D eigenvalue weighted by Crippen LogP contribution is 2.42. The normalized spacial score (nSPS) is 45.3. The molecule has 0 aromatic rings. The number of thiocarbonyl (C=S) groups is 1. The van der Waals surface area contributed by atoms with Crippen LogP contribution in [-0.2, 0) is 0 Å². The summed E-state index contributed by atoms with van der Waals surface area (Å²) in [4.78, 5) is 3.65. The lowest BCUT2D eigenvalue weighted by molar-refractivity contribution is 0.0518. The first-order chi connectivity index (χ1) is 8.61. The second kappa shape index (κ2) is 6.21. The van der Waals surface area contributed by atoms with Crippen molar-refractivity contribution in [1.82, 2.24) is 0 Å².